The summed E-state index contributed by atoms with van der Waals surface area (Å²) in [7, 11) is 0. The number of rotatable bonds is 3. The Bertz CT molecular complexity index is 666. The summed E-state index contributed by atoms with van der Waals surface area (Å²) in [6.45, 7) is 1.55. The molecule has 1 aliphatic rings. The van der Waals surface area contributed by atoms with Gasteiger partial charge >= 0.3 is 0 Å². The number of hydrogen-bond donors (Lipinski definition) is 1. The Labute approximate surface area is 127 Å². The largest absolute Gasteiger partial charge is 0.380 e. The number of benzene rings is 2. The summed E-state index contributed by atoms with van der Waals surface area (Å²) in [4.78, 5) is 0. The molecule has 0 saturated heterocycles. The molecule has 1 nitrogen and oxygen atoms in total. The Balaban J connectivity index is 1.65. The maximum Gasteiger partial charge on any atom is 0.146 e. The predicted molar refractivity (Wildman–Crippen MR) is 81.9 cm³/mol. The lowest BCUT2D eigenvalue weighted by Gasteiger charge is -2.37. The minimum absolute atomic E-state index is 0.155. The maximum absolute atomic E-state index is 13.8. The van der Waals surface area contributed by atoms with Gasteiger partial charge in [0, 0.05) is 17.1 Å². The lowest BCUT2D eigenvalue weighted by molar-refractivity contribution is 0.373. The number of nitrogens with one attached hydrogen (secondary N) is 1. The van der Waals surface area contributed by atoms with Crippen LogP contribution in [-0.4, -0.2) is 6.04 Å². The van der Waals surface area contributed by atoms with E-state index < -0.39 is 5.82 Å². The fourth-order valence-corrected chi connectivity index (χ4v) is 3.06. The fraction of sp³-hybridized carbons (Fsp3) is 0.294. The zero-order chi connectivity index (χ0) is 15.0. The molecule has 0 atom stereocenters. The molecular formula is C17H16ClF2N. The molecular weight excluding hydrogens is 292 g/mol. The van der Waals surface area contributed by atoms with Gasteiger partial charge < -0.3 is 5.32 Å². The predicted octanol–water partition coefficient (Wildman–Crippen LogP) is 5.28. The van der Waals surface area contributed by atoms with E-state index in [1.165, 1.54) is 12.1 Å². The first-order valence-electron chi connectivity index (χ1n) is 7.01. The molecule has 1 fully saturated rings. The van der Waals surface area contributed by atoms with Gasteiger partial charge in [0.2, 0.25) is 0 Å². The smallest absolute Gasteiger partial charge is 0.146 e. The topological polar surface area (TPSA) is 12.0 Å². The Morgan fingerprint density at radius 1 is 1.10 bits per heavy atom. The van der Waals surface area contributed by atoms with Gasteiger partial charge in [-0.15, -0.1) is 0 Å². The van der Waals surface area contributed by atoms with Crippen LogP contribution in [0.25, 0.3) is 0 Å². The van der Waals surface area contributed by atoms with E-state index in [9.17, 15) is 8.78 Å². The molecule has 1 saturated carbocycles. The van der Waals surface area contributed by atoms with Gasteiger partial charge in [0.05, 0.1) is 5.69 Å². The van der Waals surface area contributed by atoms with E-state index in [2.05, 4.69) is 5.32 Å². The van der Waals surface area contributed by atoms with Gasteiger partial charge in [-0.1, -0.05) is 29.8 Å². The molecule has 0 amide bonds. The first-order valence-corrected chi connectivity index (χ1v) is 7.39. The Hall–Kier alpha value is -1.61. The molecule has 3 rings (SSSR count). The first-order chi connectivity index (χ1) is 10.0. The van der Waals surface area contributed by atoms with Crippen LogP contribution in [0.1, 0.15) is 29.9 Å². The summed E-state index contributed by atoms with van der Waals surface area (Å²) >= 11 is 6.17. The van der Waals surface area contributed by atoms with E-state index in [4.69, 9.17) is 11.6 Å². The molecule has 0 unspecified atom stereocenters. The summed E-state index contributed by atoms with van der Waals surface area (Å²) in [5, 5.41) is 3.85. The van der Waals surface area contributed by atoms with Crippen molar-refractivity contribution in [1.82, 2.24) is 0 Å². The monoisotopic (exact) mass is 307 g/mol. The van der Waals surface area contributed by atoms with Crippen LogP contribution in [0.4, 0.5) is 14.5 Å². The van der Waals surface area contributed by atoms with Crippen molar-refractivity contribution in [3.63, 3.8) is 0 Å². The van der Waals surface area contributed by atoms with Gasteiger partial charge in [0.15, 0.2) is 0 Å². The molecule has 110 valence electrons. The third kappa shape index (κ3) is 2.88. The Morgan fingerprint density at radius 2 is 1.81 bits per heavy atom. The van der Waals surface area contributed by atoms with Crippen molar-refractivity contribution < 1.29 is 8.78 Å². The molecule has 0 aliphatic heterocycles. The van der Waals surface area contributed by atoms with E-state index in [0.717, 1.165) is 23.4 Å². The van der Waals surface area contributed by atoms with Crippen LogP contribution < -0.4 is 5.32 Å². The number of hydrogen-bond acceptors (Lipinski definition) is 1. The van der Waals surface area contributed by atoms with Crippen molar-refractivity contribution in [2.24, 2.45) is 0 Å². The van der Waals surface area contributed by atoms with Crippen LogP contribution in [-0.2, 0) is 0 Å². The van der Waals surface area contributed by atoms with Gasteiger partial charge in [-0.2, -0.15) is 0 Å². The van der Waals surface area contributed by atoms with Crippen LogP contribution in [0.2, 0.25) is 5.02 Å². The molecule has 0 aromatic heterocycles. The second-order valence-corrected chi connectivity index (χ2v) is 6.02. The Morgan fingerprint density at radius 3 is 2.52 bits per heavy atom. The summed E-state index contributed by atoms with van der Waals surface area (Å²) < 4.78 is 27.3. The van der Waals surface area contributed by atoms with Crippen LogP contribution in [0.15, 0.2) is 36.4 Å². The van der Waals surface area contributed by atoms with E-state index in [1.54, 1.807) is 6.92 Å². The minimum Gasteiger partial charge on any atom is -0.380 e. The molecule has 2 aromatic carbocycles. The van der Waals surface area contributed by atoms with Gasteiger partial charge in [-0.3, -0.25) is 0 Å². The molecule has 21 heavy (non-hydrogen) atoms. The highest BCUT2D eigenvalue weighted by Gasteiger charge is 2.31. The fourth-order valence-electron chi connectivity index (χ4n) is 2.77. The normalized spacial score (nSPS) is 21.0. The number of anilines is 1. The molecule has 1 aliphatic carbocycles. The lowest BCUT2D eigenvalue weighted by Crippen LogP contribution is -2.34. The summed E-state index contributed by atoms with van der Waals surface area (Å²) in [6.07, 6.45) is 1.75. The molecule has 2 aromatic rings. The maximum atomic E-state index is 13.8. The number of halogens is 3. The minimum atomic E-state index is -0.407. The van der Waals surface area contributed by atoms with E-state index in [-0.39, 0.29) is 17.5 Å². The van der Waals surface area contributed by atoms with Crippen molar-refractivity contribution in [1.29, 1.82) is 0 Å². The van der Waals surface area contributed by atoms with Crippen LogP contribution in [0.3, 0.4) is 0 Å². The molecule has 0 radical (unpaired) electrons. The molecule has 4 heteroatoms. The summed E-state index contributed by atoms with van der Waals surface area (Å²) in [5.41, 5.74) is 1.69. The molecule has 1 N–H and O–H groups in total. The Kier molecular flexibility index (Phi) is 3.85. The van der Waals surface area contributed by atoms with E-state index >= 15 is 0 Å². The molecule has 0 bridgehead atoms. The summed E-state index contributed by atoms with van der Waals surface area (Å²) in [6, 6.07) is 10.4. The SMILES string of the molecule is Cc1cc(F)c(NC2CC(c3ccccc3Cl)C2)cc1F. The average molecular weight is 308 g/mol. The van der Waals surface area contributed by atoms with Crippen molar-refractivity contribution in [2.75, 3.05) is 5.32 Å². The highest BCUT2D eigenvalue weighted by atomic mass is 35.5. The first kappa shape index (κ1) is 14.3. The van der Waals surface area contributed by atoms with Gasteiger partial charge in [-0.05, 0) is 48.9 Å². The third-order valence-electron chi connectivity index (χ3n) is 4.09. The van der Waals surface area contributed by atoms with Crippen LogP contribution in [0.5, 0.6) is 0 Å². The van der Waals surface area contributed by atoms with E-state index in [0.29, 0.717) is 11.5 Å². The average Bonchev–Trinajstić information content (AvgIpc) is 2.40. The van der Waals surface area contributed by atoms with Crippen molar-refractivity contribution in [2.45, 2.75) is 31.7 Å². The molecule has 0 heterocycles. The second-order valence-electron chi connectivity index (χ2n) is 5.61. The van der Waals surface area contributed by atoms with Gasteiger partial charge in [0.25, 0.3) is 0 Å². The van der Waals surface area contributed by atoms with E-state index in [1.807, 2.05) is 24.3 Å². The van der Waals surface area contributed by atoms with Crippen molar-refractivity contribution >= 4 is 17.3 Å². The van der Waals surface area contributed by atoms with Gasteiger partial charge in [-0.25, -0.2) is 8.78 Å². The zero-order valence-corrected chi connectivity index (χ0v) is 12.4. The van der Waals surface area contributed by atoms with Gasteiger partial charge in [0.1, 0.15) is 11.6 Å². The molecule has 0 spiro atoms. The van der Waals surface area contributed by atoms with Crippen molar-refractivity contribution in [3.05, 3.63) is 64.2 Å². The lowest BCUT2D eigenvalue weighted by atomic mass is 9.75. The standard InChI is InChI=1S/C17H16ClF2N/c1-10-6-16(20)17(9-15(10)19)21-12-7-11(8-12)13-4-2-3-5-14(13)18/h2-6,9,11-12,21H,7-8H2,1H3. The van der Waals surface area contributed by atoms with Crippen molar-refractivity contribution in [3.8, 4) is 0 Å². The third-order valence-corrected chi connectivity index (χ3v) is 4.44. The van der Waals surface area contributed by atoms with Crippen LogP contribution >= 0.6 is 11.6 Å². The van der Waals surface area contributed by atoms with Crippen LogP contribution in [0, 0.1) is 18.6 Å². The number of aryl methyl sites for hydroxylation is 1. The highest BCUT2D eigenvalue weighted by Crippen LogP contribution is 2.41. The highest BCUT2D eigenvalue weighted by molar-refractivity contribution is 6.31. The second kappa shape index (κ2) is 5.64. The zero-order valence-electron chi connectivity index (χ0n) is 11.7. The summed E-state index contributed by atoms with van der Waals surface area (Å²) in [5.74, 6) is -0.412. The quantitative estimate of drug-likeness (QED) is 0.813.